The Labute approximate surface area is 104 Å². The van der Waals surface area contributed by atoms with Crippen molar-refractivity contribution >= 4 is 29.5 Å². The number of benzene rings is 2. The molecule has 2 radical (unpaired) electrons. The Morgan fingerprint density at radius 3 is 2.65 bits per heavy atom. The molecule has 3 aromatic rings. The maximum atomic E-state index is 5.44. The van der Waals surface area contributed by atoms with Crippen LogP contribution in [0.25, 0.3) is 22.2 Å². The van der Waals surface area contributed by atoms with Crippen molar-refractivity contribution in [2.24, 2.45) is 0 Å². The van der Waals surface area contributed by atoms with E-state index in [0.29, 0.717) is 11.1 Å². The molecule has 0 atom stereocenters. The van der Waals surface area contributed by atoms with Gasteiger partial charge in [-0.1, -0.05) is 36.4 Å². The minimum absolute atomic E-state index is 0.368. The van der Waals surface area contributed by atoms with Crippen LogP contribution < -0.4 is 0 Å². The molecule has 0 spiro atoms. The fourth-order valence-corrected chi connectivity index (χ4v) is 1.99. The van der Waals surface area contributed by atoms with E-state index in [1.54, 1.807) is 0 Å². The van der Waals surface area contributed by atoms with Gasteiger partial charge < -0.3 is 4.42 Å². The molecule has 3 nitrogen and oxygen atoms in total. The van der Waals surface area contributed by atoms with E-state index in [0.717, 1.165) is 27.9 Å². The Morgan fingerprint density at radius 2 is 1.82 bits per heavy atom. The largest absolute Gasteiger partial charge is 0.412 e. The van der Waals surface area contributed by atoms with Crippen LogP contribution in [-0.4, -0.2) is 17.3 Å². The average Bonchev–Trinajstić information content (AvgIpc) is 2.87. The lowest BCUT2D eigenvalue weighted by Crippen LogP contribution is -1.80. The highest BCUT2D eigenvalue weighted by Gasteiger charge is 2.10. The highest BCUT2D eigenvalue weighted by atomic mass is 32.2. The van der Waals surface area contributed by atoms with E-state index in [1.807, 2.05) is 42.5 Å². The number of hydrogen-bond acceptors (Lipinski definition) is 4. The summed E-state index contributed by atoms with van der Waals surface area (Å²) in [5.74, 6) is 0.495. The second-order valence-corrected chi connectivity index (χ2v) is 4.10. The molecule has 0 aliphatic heterocycles. The number of hydrogen-bond donors (Lipinski definition) is 0. The topological polar surface area (TPSA) is 38.9 Å². The van der Waals surface area contributed by atoms with E-state index < -0.39 is 0 Å². The van der Waals surface area contributed by atoms with Crippen molar-refractivity contribution in [2.75, 3.05) is 0 Å². The lowest BCUT2D eigenvalue weighted by molar-refractivity contribution is 0.468. The fraction of sp³-hybridized carbons (Fsp3) is 0. The zero-order valence-electron chi connectivity index (χ0n) is 8.83. The average molecular weight is 238 g/mol. The van der Waals surface area contributed by atoms with Crippen molar-refractivity contribution in [3.8, 4) is 11.5 Å². The Hall–Kier alpha value is -1.75. The van der Waals surface area contributed by atoms with Gasteiger partial charge >= 0.3 is 0 Å². The Bertz CT molecular complexity index is 663. The summed E-state index contributed by atoms with van der Waals surface area (Å²) in [4.78, 5) is 0. The third-order valence-corrected chi connectivity index (χ3v) is 2.89. The number of aromatic nitrogens is 2. The third-order valence-electron chi connectivity index (χ3n) is 2.53. The van der Waals surface area contributed by atoms with E-state index in [1.165, 1.54) is 0 Å². The molecule has 80 valence electrons. The summed E-state index contributed by atoms with van der Waals surface area (Å²) < 4.78 is 5.44. The lowest BCUT2D eigenvalue weighted by atomic mass is 10.0. The van der Waals surface area contributed by atoms with Crippen molar-refractivity contribution in [3.63, 3.8) is 0 Å². The molecule has 0 fully saturated rings. The summed E-state index contributed by atoms with van der Waals surface area (Å²) in [6.45, 7) is 0. The Morgan fingerprint density at radius 1 is 1.00 bits per heavy atom. The first kappa shape index (κ1) is 10.4. The van der Waals surface area contributed by atoms with Crippen LogP contribution in [0.1, 0.15) is 0 Å². The van der Waals surface area contributed by atoms with E-state index >= 15 is 0 Å². The molecule has 0 saturated heterocycles. The van der Waals surface area contributed by atoms with Crippen LogP contribution in [0.15, 0.2) is 52.1 Å². The third kappa shape index (κ3) is 1.82. The van der Waals surface area contributed by atoms with Crippen LogP contribution >= 0.6 is 11.6 Å². The van der Waals surface area contributed by atoms with E-state index in [9.17, 15) is 0 Å². The molecule has 1 heterocycles. The molecule has 5 heteroatoms. The molecular formula is C12H7BN2OS. The SMILES string of the molecule is [B]Sc1nnc(-c2cccc3ccccc23)o1. The molecule has 0 saturated carbocycles. The van der Waals surface area contributed by atoms with Crippen molar-refractivity contribution in [2.45, 2.75) is 5.22 Å². The molecule has 0 aliphatic carbocycles. The number of fused-ring (bicyclic) bond motifs is 1. The molecule has 0 amide bonds. The van der Waals surface area contributed by atoms with Crippen molar-refractivity contribution in [3.05, 3.63) is 42.5 Å². The Balaban J connectivity index is 2.23. The standard InChI is InChI=1S/C12H7BN2OS/c13-17-12-15-14-11(16-12)10-7-3-5-8-4-1-2-6-9(8)10/h1-7H. The first-order chi connectivity index (χ1) is 8.38. The van der Waals surface area contributed by atoms with Crippen LogP contribution in [0.5, 0.6) is 0 Å². The van der Waals surface area contributed by atoms with Gasteiger partial charge in [-0.2, -0.15) is 0 Å². The summed E-state index contributed by atoms with van der Waals surface area (Å²) >= 11 is 0.949. The van der Waals surface area contributed by atoms with E-state index in [-0.39, 0.29) is 0 Å². The molecule has 0 aliphatic rings. The molecule has 3 rings (SSSR count). The van der Waals surface area contributed by atoms with Gasteiger partial charge in [0.2, 0.25) is 5.89 Å². The van der Waals surface area contributed by atoms with Crippen molar-refractivity contribution < 1.29 is 4.42 Å². The van der Waals surface area contributed by atoms with E-state index in [2.05, 4.69) is 10.2 Å². The maximum absolute atomic E-state index is 5.44. The van der Waals surface area contributed by atoms with Crippen molar-refractivity contribution in [1.82, 2.24) is 10.2 Å². The minimum Gasteiger partial charge on any atom is -0.412 e. The fourth-order valence-electron chi connectivity index (χ4n) is 1.78. The van der Waals surface area contributed by atoms with Crippen LogP contribution in [-0.2, 0) is 0 Å². The van der Waals surface area contributed by atoms with Gasteiger partial charge in [0, 0.05) is 5.56 Å². The monoisotopic (exact) mass is 238 g/mol. The van der Waals surface area contributed by atoms with Crippen LogP contribution in [0.4, 0.5) is 0 Å². The molecule has 0 N–H and O–H groups in total. The first-order valence-corrected chi connectivity index (χ1v) is 5.95. The van der Waals surface area contributed by atoms with Gasteiger partial charge in [-0.15, -0.1) is 21.8 Å². The Kier molecular flexibility index (Phi) is 2.61. The molecule has 0 bridgehead atoms. The molecule has 0 unspecified atom stereocenters. The highest BCUT2D eigenvalue weighted by Crippen LogP contribution is 2.28. The van der Waals surface area contributed by atoms with Gasteiger partial charge in [0.15, 0.2) is 7.12 Å². The summed E-state index contributed by atoms with van der Waals surface area (Å²) in [7, 11) is 5.37. The second kappa shape index (κ2) is 4.26. The van der Waals surface area contributed by atoms with Crippen molar-refractivity contribution in [1.29, 1.82) is 0 Å². The molecule has 2 aromatic carbocycles. The summed E-state index contributed by atoms with van der Waals surface area (Å²) in [6, 6.07) is 14.0. The lowest BCUT2D eigenvalue weighted by Gasteiger charge is -2.01. The summed E-state index contributed by atoms with van der Waals surface area (Å²) in [6.07, 6.45) is 0. The zero-order chi connectivity index (χ0) is 11.7. The minimum atomic E-state index is 0.368. The van der Waals surface area contributed by atoms with E-state index in [4.69, 9.17) is 11.5 Å². The van der Waals surface area contributed by atoms with Gasteiger partial charge in [-0.25, -0.2) is 0 Å². The maximum Gasteiger partial charge on any atom is 0.264 e. The normalized spacial score (nSPS) is 10.8. The van der Waals surface area contributed by atoms with Gasteiger partial charge in [0.05, 0.1) is 0 Å². The zero-order valence-corrected chi connectivity index (χ0v) is 9.65. The van der Waals surface area contributed by atoms with Gasteiger partial charge in [0.1, 0.15) is 0 Å². The van der Waals surface area contributed by atoms with Gasteiger partial charge in [0.25, 0.3) is 5.22 Å². The predicted molar refractivity (Wildman–Crippen MR) is 68.9 cm³/mol. The highest BCUT2D eigenvalue weighted by molar-refractivity contribution is 8.19. The van der Waals surface area contributed by atoms with Gasteiger partial charge in [-0.3, -0.25) is 0 Å². The summed E-state index contributed by atoms with van der Waals surface area (Å²) in [5, 5.41) is 10.4. The molecule has 17 heavy (non-hydrogen) atoms. The smallest absolute Gasteiger partial charge is 0.264 e. The van der Waals surface area contributed by atoms with Crippen LogP contribution in [0, 0.1) is 0 Å². The quantitative estimate of drug-likeness (QED) is 0.643. The predicted octanol–water partition coefficient (Wildman–Crippen LogP) is 3.07. The van der Waals surface area contributed by atoms with Crippen LogP contribution in [0.3, 0.4) is 0 Å². The molecular weight excluding hydrogens is 231 g/mol. The van der Waals surface area contributed by atoms with Gasteiger partial charge in [-0.05, 0) is 16.8 Å². The molecule has 1 aromatic heterocycles. The first-order valence-electron chi connectivity index (χ1n) is 5.07. The summed E-state index contributed by atoms with van der Waals surface area (Å²) in [5.41, 5.74) is 0.927. The second-order valence-electron chi connectivity index (χ2n) is 3.52. The number of rotatable bonds is 2. The van der Waals surface area contributed by atoms with Crippen LogP contribution in [0.2, 0.25) is 0 Å². The number of nitrogens with zero attached hydrogens (tertiary/aromatic N) is 2.